The predicted octanol–water partition coefficient (Wildman–Crippen LogP) is 22.1. The zero-order valence-electron chi connectivity index (χ0n) is 49.8. The van der Waals surface area contributed by atoms with Crippen LogP contribution in [-0.2, 0) is 28.6 Å². The zero-order chi connectivity index (χ0) is 54.3. The Bertz CT molecular complexity index is 1390. The Balaban J connectivity index is 4.26. The van der Waals surface area contributed by atoms with Crippen LogP contribution in [0.5, 0.6) is 0 Å². The topological polar surface area (TPSA) is 78.9 Å². The monoisotopic (exact) mass is 1050 g/mol. The molecule has 0 aliphatic rings. The minimum atomic E-state index is -0.779. The Hall–Kier alpha value is -3.15. The van der Waals surface area contributed by atoms with Gasteiger partial charge in [0, 0.05) is 19.3 Å². The number of unbranched alkanes of at least 4 members (excludes halogenated alkanes) is 36. The van der Waals surface area contributed by atoms with Crippen molar-refractivity contribution in [1.82, 2.24) is 0 Å². The number of rotatable bonds is 59. The summed E-state index contributed by atoms with van der Waals surface area (Å²) in [5.41, 5.74) is 0. The summed E-state index contributed by atoms with van der Waals surface area (Å²) in [7, 11) is 0. The SMILES string of the molecule is CC/C=C\C/C=C\C/C=C\C/C=C\CCCCCCCCCCC(=O)OC(COC(=O)CCCCCCCCCCCCC)COC(=O)CCCCCCCCCCCCCCC/C=C\C/C=C\CCCCCCC. The molecule has 0 aromatic rings. The highest BCUT2D eigenvalue weighted by atomic mass is 16.6. The molecule has 0 N–H and O–H groups in total. The van der Waals surface area contributed by atoms with Gasteiger partial charge in [0.05, 0.1) is 0 Å². The number of hydrogen-bond donors (Lipinski definition) is 0. The fraction of sp³-hybridized carbons (Fsp3) is 0.783. The van der Waals surface area contributed by atoms with Crippen molar-refractivity contribution in [1.29, 1.82) is 0 Å². The van der Waals surface area contributed by atoms with Crippen LogP contribution in [0.2, 0.25) is 0 Å². The average molecular weight is 1050 g/mol. The molecule has 0 saturated heterocycles. The van der Waals surface area contributed by atoms with Gasteiger partial charge in [-0.1, -0.05) is 293 Å². The van der Waals surface area contributed by atoms with E-state index in [0.29, 0.717) is 19.3 Å². The molecule has 0 rings (SSSR count). The number of allylic oxidation sites excluding steroid dienone is 12. The minimum absolute atomic E-state index is 0.0756. The van der Waals surface area contributed by atoms with Crippen molar-refractivity contribution in [3.8, 4) is 0 Å². The Morgan fingerprint density at radius 1 is 0.280 bits per heavy atom. The standard InChI is InChI=1S/C69H122O6/c1-4-7-10-13-16-19-22-24-26-28-30-32-33-34-35-37-38-40-42-44-47-50-53-56-59-62-68(71)74-65-66(64-73-67(70)61-58-55-52-49-46-21-18-15-12-9-6-3)75-69(72)63-60-57-54-51-48-45-43-41-39-36-31-29-27-25-23-20-17-14-11-8-5-2/h8,11,17,20,22,24-25,27-28,30-31,36,66H,4-7,9-10,12-16,18-19,21,23,26,29,32-35,37-65H2,1-3H3/b11-8-,20-17-,24-22-,27-25-,30-28-,36-31-. The van der Waals surface area contributed by atoms with Gasteiger partial charge in [-0.15, -0.1) is 0 Å². The second-order valence-corrected chi connectivity index (χ2v) is 21.6. The highest BCUT2D eigenvalue weighted by Crippen LogP contribution is 2.17. The van der Waals surface area contributed by atoms with Gasteiger partial charge < -0.3 is 14.2 Å². The Kier molecular flexibility index (Phi) is 60.7. The Labute approximate surface area is 465 Å². The summed E-state index contributed by atoms with van der Waals surface area (Å²) in [5.74, 6) is -0.870. The first-order valence-electron chi connectivity index (χ1n) is 32.4. The molecule has 1 atom stereocenters. The summed E-state index contributed by atoms with van der Waals surface area (Å²) < 4.78 is 16.9. The van der Waals surface area contributed by atoms with Crippen molar-refractivity contribution in [3.63, 3.8) is 0 Å². The summed E-state index contributed by atoms with van der Waals surface area (Å²) in [4.78, 5) is 38.3. The van der Waals surface area contributed by atoms with E-state index in [9.17, 15) is 14.4 Å². The molecule has 6 nitrogen and oxygen atoms in total. The smallest absolute Gasteiger partial charge is 0.306 e. The van der Waals surface area contributed by atoms with E-state index in [-0.39, 0.29) is 31.1 Å². The second-order valence-electron chi connectivity index (χ2n) is 21.6. The normalized spacial score (nSPS) is 12.5. The van der Waals surface area contributed by atoms with Gasteiger partial charge in [-0.05, 0) is 89.9 Å². The van der Waals surface area contributed by atoms with Crippen LogP contribution >= 0.6 is 0 Å². The lowest BCUT2D eigenvalue weighted by molar-refractivity contribution is -0.167. The second kappa shape index (κ2) is 63.4. The third-order valence-corrected chi connectivity index (χ3v) is 14.2. The van der Waals surface area contributed by atoms with E-state index in [2.05, 4.69) is 93.7 Å². The van der Waals surface area contributed by atoms with Crippen molar-refractivity contribution in [2.24, 2.45) is 0 Å². The molecule has 0 spiro atoms. The van der Waals surface area contributed by atoms with Gasteiger partial charge in [-0.3, -0.25) is 14.4 Å². The van der Waals surface area contributed by atoms with Gasteiger partial charge in [0.15, 0.2) is 6.10 Å². The molecule has 0 radical (unpaired) electrons. The molecule has 0 aromatic heterocycles. The third kappa shape index (κ3) is 61.6. The largest absolute Gasteiger partial charge is 0.462 e. The Morgan fingerprint density at radius 3 is 0.813 bits per heavy atom. The predicted molar refractivity (Wildman–Crippen MR) is 325 cm³/mol. The van der Waals surface area contributed by atoms with E-state index in [1.165, 1.54) is 193 Å². The fourth-order valence-corrected chi connectivity index (χ4v) is 9.35. The molecule has 1 unspecified atom stereocenters. The van der Waals surface area contributed by atoms with Crippen molar-refractivity contribution in [3.05, 3.63) is 72.9 Å². The van der Waals surface area contributed by atoms with Crippen molar-refractivity contribution >= 4 is 17.9 Å². The molecule has 0 aromatic carbocycles. The summed E-state index contributed by atoms with van der Waals surface area (Å²) in [6.07, 6.45) is 82.0. The van der Waals surface area contributed by atoms with Gasteiger partial charge in [-0.25, -0.2) is 0 Å². The first-order valence-corrected chi connectivity index (χ1v) is 32.4. The van der Waals surface area contributed by atoms with Crippen LogP contribution in [0.25, 0.3) is 0 Å². The van der Waals surface area contributed by atoms with Gasteiger partial charge in [0.25, 0.3) is 0 Å². The summed E-state index contributed by atoms with van der Waals surface area (Å²) >= 11 is 0. The molecule has 0 amide bonds. The molecule has 434 valence electrons. The van der Waals surface area contributed by atoms with E-state index in [0.717, 1.165) is 96.3 Å². The molecule has 0 bridgehead atoms. The molecule has 0 saturated carbocycles. The van der Waals surface area contributed by atoms with E-state index < -0.39 is 6.10 Å². The maximum Gasteiger partial charge on any atom is 0.306 e. The lowest BCUT2D eigenvalue weighted by atomic mass is 10.0. The molecule has 0 heterocycles. The van der Waals surface area contributed by atoms with Crippen LogP contribution < -0.4 is 0 Å². The zero-order valence-corrected chi connectivity index (χ0v) is 49.8. The highest BCUT2D eigenvalue weighted by Gasteiger charge is 2.19. The molecule has 0 fully saturated rings. The van der Waals surface area contributed by atoms with Crippen LogP contribution in [0, 0.1) is 0 Å². The molecule has 75 heavy (non-hydrogen) atoms. The van der Waals surface area contributed by atoms with E-state index >= 15 is 0 Å². The van der Waals surface area contributed by atoms with Crippen molar-refractivity contribution < 1.29 is 28.6 Å². The first-order chi connectivity index (χ1) is 37.0. The summed E-state index contributed by atoms with van der Waals surface area (Å²) in [5, 5.41) is 0. The molecule has 6 heteroatoms. The van der Waals surface area contributed by atoms with Gasteiger partial charge in [0.2, 0.25) is 0 Å². The molecular formula is C69H122O6. The fourth-order valence-electron chi connectivity index (χ4n) is 9.35. The minimum Gasteiger partial charge on any atom is -0.462 e. The lowest BCUT2D eigenvalue weighted by Crippen LogP contribution is -2.30. The first kappa shape index (κ1) is 71.8. The number of ether oxygens (including phenoxy) is 3. The maximum absolute atomic E-state index is 12.9. The van der Waals surface area contributed by atoms with E-state index in [4.69, 9.17) is 14.2 Å². The van der Waals surface area contributed by atoms with Crippen molar-refractivity contribution in [2.75, 3.05) is 13.2 Å². The number of hydrogen-bond acceptors (Lipinski definition) is 6. The van der Waals surface area contributed by atoms with Crippen molar-refractivity contribution in [2.45, 2.75) is 335 Å². The molecule has 0 aliphatic heterocycles. The number of carbonyl (C=O) groups excluding carboxylic acids is 3. The van der Waals surface area contributed by atoms with Crippen LogP contribution in [0.1, 0.15) is 329 Å². The summed E-state index contributed by atoms with van der Waals surface area (Å²) in [6, 6.07) is 0. The van der Waals surface area contributed by atoms with Crippen LogP contribution in [-0.4, -0.2) is 37.2 Å². The lowest BCUT2D eigenvalue weighted by Gasteiger charge is -2.18. The highest BCUT2D eigenvalue weighted by molar-refractivity contribution is 5.71. The quantitative estimate of drug-likeness (QED) is 0.0261. The van der Waals surface area contributed by atoms with E-state index in [1.807, 2.05) is 0 Å². The van der Waals surface area contributed by atoms with Crippen LogP contribution in [0.3, 0.4) is 0 Å². The van der Waals surface area contributed by atoms with Gasteiger partial charge in [0.1, 0.15) is 13.2 Å². The van der Waals surface area contributed by atoms with Gasteiger partial charge >= 0.3 is 17.9 Å². The molecule has 0 aliphatic carbocycles. The number of esters is 3. The maximum atomic E-state index is 12.9. The number of carbonyl (C=O) groups is 3. The van der Waals surface area contributed by atoms with Gasteiger partial charge in [-0.2, -0.15) is 0 Å². The molecular weight excluding hydrogens is 925 g/mol. The average Bonchev–Trinajstić information content (AvgIpc) is 3.41. The van der Waals surface area contributed by atoms with E-state index in [1.54, 1.807) is 0 Å². The van der Waals surface area contributed by atoms with Crippen LogP contribution in [0.15, 0.2) is 72.9 Å². The summed E-state index contributed by atoms with van der Waals surface area (Å²) in [6.45, 7) is 6.54. The Morgan fingerprint density at radius 2 is 0.520 bits per heavy atom. The van der Waals surface area contributed by atoms with Crippen LogP contribution in [0.4, 0.5) is 0 Å². The third-order valence-electron chi connectivity index (χ3n) is 14.2.